The van der Waals surface area contributed by atoms with Gasteiger partial charge in [-0.2, -0.15) is 4.58 Å². The second kappa shape index (κ2) is 7.09. The zero-order valence-corrected chi connectivity index (χ0v) is 22.7. The second-order valence-corrected chi connectivity index (χ2v) is 11.8. The molecule has 6 aliphatic rings. The van der Waals surface area contributed by atoms with Crippen molar-refractivity contribution in [2.24, 2.45) is 26.8 Å². The molecule has 11 rings (SSSR count). The summed E-state index contributed by atoms with van der Waals surface area (Å²) >= 11 is 0. The van der Waals surface area contributed by atoms with E-state index in [2.05, 4.69) is 128 Å². The molecule has 8 heteroatoms. The van der Waals surface area contributed by atoms with Gasteiger partial charge >= 0.3 is 5.84 Å². The van der Waals surface area contributed by atoms with E-state index in [1.54, 1.807) is 0 Å². The average molecular weight is 545 g/mol. The van der Waals surface area contributed by atoms with E-state index in [1.165, 1.54) is 5.56 Å². The molecule has 0 saturated heterocycles. The quantitative estimate of drug-likeness (QED) is 0.292. The Balaban J connectivity index is 1.37. The smallest absolute Gasteiger partial charge is 0.261 e. The summed E-state index contributed by atoms with van der Waals surface area (Å²) in [6, 6.07) is 25.8. The van der Waals surface area contributed by atoms with E-state index in [-0.39, 0.29) is 24.3 Å². The Morgan fingerprint density at radius 2 is 1.43 bits per heavy atom. The molecule has 7 heterocycles. The predicted molar refractivity (Wildman–Crippen MR) is 161 cm³/mol. The van der Waals surface area contributed by atoms with Crippen molar-refractivity contribution in [1.82, 2.24) is 9.13 Å². The fraction of sp³-hybridized carbons (Fsp3) is 0.147. The van der Waals surface area contributed by atoms with Crippen LogP contribution in [-0.2, 0) is 0 Å². The Kier molecular flexibility index (Phi) is 3.61. The maximum atomic E-state index is 5.64. The van der Waals surface area contributed by atoms with Gasteiger partial charge in [-0.3, -0.25) is 5.32 Å². The first-order valence-electron chi connectivity index (χ1n) is 14.5. The molecule has 0 spiro atoms. The third-order valence-corrected chi connectivity index (χ3v) is 9.83. The van der Waals surface area contributed by atoms with E-state index < -0.39 is 0 Å². The van der Waals surface area contributed by atoms with Gasteiger partial charge in [0.05, 0.1) is 35.4 Å². The number of fused-ring (bicyclic) bond motifs is 13. The van der Waals surface area contributed by atoms with E-state index in [9.17, 15) is 0 Å². The van der Waals surface area contributed by atoms with Crippen LogP contribution in [0.4, 0.5) is 11.6 Å². The number of nitrogens with zero attached hydrogens (tertiary/aromatic N) is 7. The summed E-state index contributed by atoms with van der Waals surface area (Å²) in [5.41, 5.74) is 4.22. The standard InChI is InChI=1S/C34H23N8/c1-39-26-18-10-2-3-11-19(18)27(39)36-29-21-13-5-7-15-23(21)31-38-33-25-17-9-8-16-24(25)32-37-30-22-14-6-4-12-20(22)28(35-26)40(30)34(41(29)31)42(32)33/h2-19,28,34H,1H3/q+1/p+1/t18?,19?,28?,34-/m1/s1. The highest BCUT2D eigenvalue weighted by molar-refractivity contribution is 6.11. The van der Waals surface area contributed by atoms with Crippen molar-refractivity contribution in [3.63, 3.8) is 0 Å². The lowest BCUT2D eigenvalue weighted by Gasteiger charge is -2.28. The normalized spacial score (nSPS) is 25.1. The molecule has 5 aliphatic heterocycles. The molecule has 8 nitrogen and oxygen atoms in total. The van der Waals surface area contributed by atoms with Crippen molar-refractivity contribution in [2.75, 3.05) is 12.4 Å². The summed E-state index contributed by atoms with van der Waals surface area (Å²) in [7, 11) is 2.15. The lowest BCUT2D eigenvalue weighted by atomic mass is 9.89. The SMILES string of the molecule is C[N+]1=C2Nc3c4ccccc4c4n3[C@@H]3n5c(c6ccccc6c5=N4)=NC4=[N+]3C(N=C1C1C=CC=CC21)c1ccccc14. The van der Waals surface area contributed by atoms with Crippen molar-refractivity contribution in [3.05, 3.63) is 119 Å². The Hall–Kier alpha value is -5.37. The molecule has 2 aromatic heterocycles. The van der Waals surface area contributed by atoms with Crippen LogP contribution in [0.3, 0.4) is 0 Å². The van der Waals surface area contributed by atoms with Crippen LogP contribution in [0, 0.1) is 11.8 Å². The number of hydrogen-bond acceptors (Lipinski definition) is 4. The first-order valence-corrected chi connectivity index (χ1v) is 14.5. The lowest BCUT2D eigenvalue weighted by Crippen LogP contribution is -2.48. The Morgan fingerprint density at radius 1 is 0.738 bits per heavy atom. The number of nitrogens with one attached hydrogen (secondary N) is 1. The third kappa shape index (κ3) is 2.30. The summed E-state index contributed by atoms with van der Waals surface area (Å²) in [6.45, 7) is 0. The van der Waals surface area contributed by atoms with Crippen LogP contribution < -0.4 is 16.3 Å². The number of allylic oxidation sites excluding steroid dienone is 2. The van der Waals surface area contributed by atoms with Crippen molar-refractivity contribution < 1.29 is 9.15 Å². The topological polar surface area (TPSA) is 65.0 Å². The highest BCUT2D eigenvalue weighted by Gasteiger charge is 2.53. The molecule has 2 bridgehead atoms. The number of amidine groups is 3. The van der Waals surface area contributed by atoms with Crippen LogP contribution in [-0.4, -0.2) is 42.8 Å². The monoisotopic (exact) mass is 544 g/mol. The molecule has 1 N–H and O–H groups in total. The minimum atomic E-state index is -0.240. The van der Waals surface area contributed by atoms with Crippen molar-refractivity contribution in [3.8, 4) is 0 Å². The number of hydrogen-bond donors (Lipinski definition) is 1. The summed E-state index contributed by atoms with van der Waals surface area (Å²) in [5, 5.41) is 8.49. The maximum absolute atomic E-state index is 5.64. The van der Waals surface area contributed by atoms with Gasteiger partial charge in [0.1, 0.15) is 0 Å². The summed E-state index contributed by atoms with van der Waals surface area (Å²) < 4.78 is 9.41. The van der Waals surface area contributed by atoms with Crippen LogP contribution in [0.25, 0.3) is 21.5 Å². The third-order valence-electron chi connectivity index (χ3n) is 9.83. The Bertz CT molecular complexity index is 2430. The molecule has 198 valence electrons. The summed E-state index contributed by atoms with van der Waals surface area (Å²) in [4.78, 5) is 16.5. The molecular weight excluding hydrogens is 520 g/mol. The zero-order chi connectivity index (χ0) is 27.3. The van der Waals surface area contributed by atoms with Crippen LogP contribution in [0.15, 0.2) is 112 Å². The van der Waals surface area contributed by atoms with Gasteiger partial charge in [0.2, 0.25) is 11.7 Å². The van der Waals surface area contributed by atoms with Gasteiger partial charge in [-0.05, 0) is 23.2 Å². The van der Waals surface area contributed by atoms with E-state index in [0.717, 1.165) is 67.2 Å². The Morgan fingerprint density at radius 3 is 2.26 bits per heavy atom. The van der Waals surface area contributed by atoms with Crippen LogP contribution in [0.2, 0.25) is 0 Å². The minimum absolute atomic E-state index is 0.154. The van der Waals surface area contributed by atoms with Gasteiger partial charge < -0.3 is 0 Å². The molecule has 0 fully saturated rings. The first-order chi connectivity index (χ1) is 20.8. The molecule has 4 atom stereocenters. The molecule has 0 radical (unpaired) electrons. The highest BCUT2D eigenvalue weighted by atomic mass is 15.5. The molecule has 1 aliphatic carbocycles. The molecule has 42 heavy (non-hydrogen) atoms. The highest BCUT2D eigenvalue weighted by Crippen LogP contribution is 2.46. The van der Waals surface area contributed by atoms with Gasteiger partial charge in [0.25, 0.3) is 17.9 Å². The summed E-state index contributed by atoms with van der Waals surface area (Å²) in [6.07, 6.45) is 8.42. The molecular formula is C34H24N8+2. The molecule has 0 amide bonds. The van der Waals surface area contributed by atoms with E-state index in [0.29, 0.717) is 0 Å². The predicted octanol–water partition coefficient (Wildman–Crippen LogP) is 4.21. The number of aliphatic imine (C=N–C) groups is 1. The number of benzene rings is 3. The van der Waals surface area contributed by atoms with Gasteiger partial charge in [0.15, 0.2) is 17.1 Å². The van der Waals surface area contributed by atoms with E-state index >= 15 is 0 Å². The van der Waals surface area contributed by atoms with Gasteiger partial charge in [-0.25, -0.2) is 18.7 Å². The Labute approximate surface area is 239 Å². The fourth-order valence-electron chi connectivity index (χ4n) is 8.05. The first kappa shape index (κ1) is 21.4. The van der Waals surface area contributed by atoms with E-state index in [1.807, 2.05) is 0 Å². The minimum Gasteiger partial charge on any atom is -0.261 e. The fourth-order valence-corrected chi connectivity index (χ4v) is 8.05. The van der Waals surface area contributed by atoms with Crippen LogP contribution in [0.1, 0.15) is 23.6 Å². The molecule has 0 saturated carbocycles. The largest absolute Gasteiger partial charge is 0.335 e. The second-order valence-electron chi connectivity index (χ2n) is 11.8. The van der Waals surface area contributed by atoms with Crippen LogP contribution >= 0.6 is 0 Å². The number of aromatic nitrogens is 2. The number of rotatable bonds is 0. The van der Waals surface area contributed by atoms with Gasteiger partial charge in [0, 0.05) is 16.2 Å². The maximum Gasteiger partial charge on any atom is 0.335 e. The zero-order valence-electron chi connectivity index (χ0n) is 22.7. The molecule has 3 aromatic carbocycles. The van der Waals surface area contributed by atoms with Gasteiger partial charge in [-0.15, -0.1) is 0 Å². The lowest BCUT2D eigenvalue weighted by molar-refractivity contribution is -0.633. The van der Waals surface area contributed by atoms with Crippen molar-refractivity contribution in [1.29, 1.82) is 0 Å². The van der Waals surface area contributed by atoms with Crippen molar-refractivity contribution >= 4 is 50.7 Å². The van der Waals surface area contributed by atoms with Gasteiger partial charge in [-0.1, -0.05) is 83.9 Å². The number of anilines is 1. The van der Waals surface area contributed by atoms with Crippen molar-refractivity contribution in [2.45, 2.75) is 12.5 Å². The molecule has 3 unspecified atom stereocenters. The molecule has 5 aromatic rings. The summed E-state index contributed by atoms with van der Waals surface area (Å²) in [5.74, 6) is 5.50. The van der Waals surface area contributed by atoms with E-state index in [4.69, 9.17) is 15.0 Å². The average Bonchev–Trinajstić information content (AvgIpc) is 3.72. The van der Waals surface area contributed by atoms with Crippen LogP contribution in [0.5, 0.6) is 0 Å².